The van der Waals surface area contributed by atoms with E-state index in [2.05, 4.69) is 11.4 Å². The number of nitrogens with one attached hydrogen (secondary N) is 1. The molecule has 3 nitrogen and oxygen atoms in total. The van der Waals surface area contributed by atoms with Gasteiger partial charge in [-0.3, -0.25) is 4.79 Å². The molecule has 0 aliphatic rings. The molecule has 1 N–H and O–H groups in total. The van der Waals surface area contributed by atoms with Gasteiger partial charge in [0, 0.05) is 17.3 Å². The summed E-state index contributed by atoms with van der Waals surface area (Å²) >= 11 is 0. The van der Waals surface area contributed by atoms with Crippen LogP contribution in [0.15, 0.2) is 66.9 Å². The lowest BCUT2D eigenvalue weighted by Crippen LogP contribution is -2.25. The van der Waals surface area contributed by atoms with Crippen LogP contribution in [-0.4, -0.2) is 10.5 Å². The van der Waals surface area contributed by atoms with E-state index >= 15 is 0 Å². The van der Waals surface area contributed by atoms with Crippen LogP contribution in [-0.2, 0) is 6.67 Å². The van der Waals surface area contributed by atoms with Crippen molar-refractivity contribution in [1.82, 2.24) is 9.88 Å². The molecule has 0 fully saturated rings. The van der Waals surface area contributed by atoms with Crippen molar-refractivity contribution in [3.05, 3.63) is 72.4 Å². The molecule has 0 aliphatic heterocycles. The third-order valence-corrected chi connectivity index (χ3v) is 3.13. The molecular formula is C16H14N2O. The lowest BCUT2D eigenvalue weighted by atomic mass is 10.2. The van der Waals surface area contributed by atoms with Crippen molar-refractivity contribution in [2.45, 2.75) is 6.67 Å². The van der Waals surface area contributed by atoms with Gasteiger partial charge in [-0.1, -0.05) is 36.4 Å². The first-order valence-electron chi connectivity index (χ1n) is 6.22. The van der Waals surface area contributed by atoms with Crippen LogP contribution in [0.5, 0.6) is 0 Å². The number of nitrogens with zero attached hydrogens (tertiary/aromatic N) is 1. The average molecular weight is 250 g/mol. The zero-order chi connectivity index (χ0) is 13.1. The van der Waals surface area contributed by atoms with Gasteiger partial charge in [-0.2, -0.15) is 0 Å². The first-order chi connectivity index (χ1) is 9.34. The van der Waals surface area contributed by atoms with Crippen molar-refractivity contribution < 1.29 is 4.79 Å². The Morgan fingerprint density at radius 2 is 1.68 bits per heavy atom. The number of benzene rings is 2. The second-order valence-corrected chi connectivity index (χ2v) is 4.37. The molecule has 0 bridgehead atoms. The molecule has 0 atom stereocenters. The van der Waals surface area contributed by atoms with E-state index in [0.29, 0.717) is 12.2 Å². The summed E-state index contributed by atoms with van der Waals surface area (Å²) in [5.41, 5.74) is 1.80. The number of hydrogen-bond donors (Lipinski definition) is 1. The van der Waals surface area contributed by atoms with Crippen molar-refractivity contribution in [2.24, 2.45) is 0 Å². The highest BCUT2D eigenvalue weighted by atomic mass is 16.1. The second-order valence-electron chi connectivity index (χ2n) is 4.37. The van der Waals surface area contributed by atoms with Gasteiger partial charge in [0.1, 0.15) is 0 Å². The molecule has 2 aromatic carbocycles. The van der Waals surface area contributed by atoms with Crippen LogP contribution in [0.4, 0.5) is 0 Å². The van der Waals surface area contributed by atoms with Gasteiger partial charge in [-0.15, -0.1) is 0 Å². The first-order valence-corrected chi connectivity index (χ1v) is 6.22. The third kappa shape index (κ3) is 2.36. The molecule has 19 heavy (non-hydrogen) atoms. The van der Waals surface area contributed by atoms with Gasteiger partial charge in [0.15, 0.2) is 0 Å². The zero-order valence-corrected chi connectivity index (χ0v) is 10.4. The predicted molar refractivity (Wildman–Crippen MR) is 75.8 cm³/mol. The summed E-state index contributed by atoms with van der Waals surface area (Å²) in [6.45, 7) is 0.473. The summed E-state index contributed by atoms with van der Waals surface area (Å²) in [5, 5.41) is 4.09. The van der Waals surface area contributed by atoms with Crippen LogP contribution in [0.25, 0.3) is 10.9 Å². The third-order valence-electron chi connectivity index (χ3n) is 3.13. The van der Waals surface area contributed by atoms with Crippen molar-refractivity contribution >= 4 is 16.8 Å². The van der Waals surface area contributed by atoms with Gasteiger partial charge in [-0.25, -0.2) is 0 Å². The van der Waals surface area contributed by atoms with Crippen molar-refractivity contribution in [1.29, 1.82) is 0 Å². The summed E-state index contributed by atoms with van der Waals surface area (Å²) in [5.74, 6) is -0.0571. The number of amides is 1. The van der Waals surface area contributed by atoms with Gasteiger partial charge in [0.25, 0.3) is 5.91 Å². The Morgan fingerprint density at radius 3 is 2.53 bits per heavy atom. The van der Waals surface area contributed by atoms with E-state index in [1.807, 2.05) is 65.4 Å². The Morgan fingerprint density at radius 1 is 0.947 bits per heavy atom. The number of rotatable bonds is 3. The highest BCUT2D eigenvalue weighted by molar-refractivity contribution is 5.94. The molecule has 3 rings (SSSR count). The lowest BCUT2D eigenvalue weighted by molar-refractivity contribution is 0.0943. The largest absolute Gasteiger partial charge is 0.334 e. The highest BCUT2D eigenvalue weighted by Gasteiger charge is 2.04. The molecule has 0 aliphatic carbocycles. The lowest BCUT2D eigenvalue weighted by Gasteiger charge is -2.08. The molecular weight excluding hydrogens is 236 g/mol. The number of fused-ring (bicyclic) bond motifs is 1. The van der Waals surface area contributed by atoms with E-state index in [9.17, 15) is 4.79 Å². The van der Waals surface area contributed by atoms with E-state index in [-0.39, 0.29) is 5.91 Å². The average Bonchev–Trinajstić information content (AvgIpc) is 2.89. The monoisotopic (exact) mass is 250 g/mol. The van der Waals surface area contributed by atoms with Crippen molar-refractivity contribution in [2.75, 3.05) is 0 Å². The van der Waals surface area contributed by atoms with E-state index in [0.717, 1.165) is 5.52 Å². The number of para-hydroxylation sites is 1. The molecule has 0 spiro atoms. The molecule has 3 aromatic rings. The van der Waals surface area contributed by atoms with Gasteiger partial charge >= 0.3 is 0 Å². The Kier molecular flexibility index (Phi) is 3.02. The Balaban J connectivity index is 1.75. The van der Waals surface area contributed by atoms with Crippen LogP contribution in [0.1, 0.15) is 10.4 Å². The van der Waals surface area contributed by atoms with E-state index in [1.165, 1.54) is 5.39 Å². The van der Waals surface area contributed by atoms with E-state index in [4.69, 9.17) is 0 Å². The molecule has 1 amide bonds. The van der Waals surface area contributed by atoms with Crippen LogP contribution < -0.4 is 5.32 Å². The van der Waals surface area contributed by atoms with Gasteiger partial charge in [-0.05, 0) is 29.7 Å². The molecule has 94 valence electrons. The predicted octanol–water partition coefficient (Wildman–Crippen LogP) is 3.03. The fourth-order valence-electron chi connectivity index (χ4n) is 2.13. The zero-order valence-electron chi connectivity index (χ0n) is 10.4. The number of carbonyl (C=O) groups excluding carboxylic acids is 1. The minimum absolute atomic E-state index is 0.0571. The highest BCUT2D eigenvalue weighted by Crippen LogP contribution is 2.14. The Bertz CT molecular complexity index is 701. The molecule has 0 saturated heterocycles. The minimum atomic E-state index is -0.0571. The summed E-state index contributed by atoms with van der Waals surface area (Å²) < 4.78 is 2.02. The SMILES string of the molecule is O=C(NCn1ccc2ccccc21)c1ccccc1. The maximum atomic E-state index is 12.0. The summed E-state index contributed by atoms with van der Waals surface area (Å²) in [6, 6.07) is 19.4. The fraction of sp³-hybridized carbons (Fsp3) is 0.0625. The smallest absolute Gasteiger partial charge is 0.252 e. The van der Waals surface area contributed by atoms with Gasteiger partial charge < -0.3 is 9.88 Å². The fourth-order valence-corrected chi connectivity index (χ4v) is 2.13. The minimum Gasteiger partial charge on any atom is -0.334 e. The van der Waals surface area contributed by atoms with Gasteiger partial charge in [0.2, 0.25) is 0 Å². The molecule has 0 unspecified atom stereocenters. The standard InChI is InChI=1S/C16H14N2O/c19-16(14-7-2-1-3-8-14)17-12-18-11-10-13-6-4-5-9-15(13)18/h1-11H,12H2,(H,17,19). The quantitative estimate of drug-likeness (QED) is 0.761. The van der Waals surface area contributed by atoms with E-state index < -0.39 is 0 Å². The van der Waals surface area contributed by atoms with Crippen molar-refractivity contribution in [3.63, 3.8) is 0 Å². The Labute approximate surface area is 111 Å². The maximum absolute atomic E-state index is 12.0. The molecule has 1 heterocycles. The first kappa shape index (κ1) is 11.5. The number of carbonyl (C=O) groups is 1. The second kappa shape index (κ2) is 4.98. The molecule has 1 aromatic heterocycles. The number of hydrogen-bond acceptors (Lipinski definition) is 1. The van der Waals surface area contributed by atoms with Gasteiger partial charge in [0.05, 0.1) is 6.67 Å². The van der Waals surface area contributed by atoms with E-state index in [1.54, 1.807) is 0 Å². The van der Waals surface area contributed by atoms with Crippen LogP contribution in [0, 0.1) is 0 Å². The van der Waals surface area contributed by atoms with Crippen molar-refractivity contribution in [3.8, 4) is 0 Å². The molecule has 0 saturated carbocycles. The Hall–Kier alpha value is -2.55. The number of aromatic nitrogens is 1. The van der Waals surface area contributed by atoms with Crippen LogP contribution in [0.3, 0.4) is 0 Å². The molecule has 3 heteroatoms. The molecule has 0 radical (unpaired) electrons. The van der Waals surface area contributed by atoms with Crippen LogP contribution in [0.2, 0.25) is 0 Å². The maximum Gasteiger partial charge on any atom is 0.252 e. The summed E-state index contributed by atoms with van der Waals surface area (Å²) in [6.07, 6.45) is 1.98. The normalized spacial score (nSPS) is 10.5. The topological polar surface area (TPSA) is 34.0 Å². The summed E-state index contributed by atoms with van der Waals surface area (Å²) in [7, 11) is 0. The van der Waals surface area contributed by atoms with Crippen LogP contribution >= 0.6 is 0 Å². The summed E-state index contributed by atoms with van der Waals surface area (Å²) in [4.78, 5) is 12.0.